The molecule has 0 atom stereocenters. The SMILES string of the molecule is CC(C)Cn1c(CCC(N)=O)nnc1SCC(=O)Nc1cc(F)cc(F)c1. The van der Waals surface area contributed by atoms with Crippen LogP contribution in [0.1, 0.15) is 26.1 Å². The maximum absolute atomic E-state index is 13.2. The first kappa shape index (κ1) is 20.8. The van der Waals surface area contributed by atoms with Crippen LogP contribution >= 0.6 is 11.8 Å². The van der Waals surface area contributed by atoms with Gasteiger partial charge in [0.1, 0.15) is 17.5 Å². The summed E-state index contributed by atoms with van der Waals surface area (Å²) in [6.07, 6.45) is 0.525. The van der Waals surface area contributed by atoms with E-state index >= 15 is 0 Å². The monoisotopic (exact) mass is 397 g/mol. The van der Waals surface area contributed by atoms with Crippen LogP contribution in [0.3, 0.4) is 0 Å². The van der Waals surface area contributed by atoms with E-state index in [1.807, 2.05) is 18.4 Å². The Labute approximate surface area is 159 Å². The van der Waals surface area contributed by atoms with Gasteiger partial charge in [0.2, 0.25) is 11.8 Å². The van der Waals surface area contributed by atoms with Gasteiger partial charge in [0, 0.05) is 31.1 Å². The molecule has 146 valence electrons. The standard InChI is InChI=1S/C17H21F2N5O2S/c1-10(2)8-24-15(4-3-14(20)25)22-23-17(24)27-9-16(26)21-13-6-11(18)5-12(19)7-13/h5-7,10H,3-4,8-9H2,1-2H3,(H2,20,25)(H,21,26). The molecule has 7 nitrogen and oxygen atoms in total. The van der Waals surface area contributed by atoms with Crippen molar-refractivity contribution >= 4 is 29.3 Å². The molecule has 0 spiro atoms. The van der Waals surface area contributed by atoms with E-state index in [0.29, 0.717) is 29.9 Å². The van der Waals surface area contributed by atoms with Crippen molar-refractivity contribution in [2.45, 2.75) is 38.4 Å². The van der Waals surface area contributed by atoms with Crippen molar-refractivity contribution in [3.63, 3.8) is 0 Å². The highest BCUT2D eigenvalue weighted by Gasteiger charge is 2.16. The summed E-state index contributed by atoms with van der Waals surface area (Å²) in [6.45, 7) is 4.68. The highest BCUT2D eigenvalue weighted by Crippen LogP contribution is 2.20. The lowest BCUT2D eigenvalue weighted by atomic mass is 10.2. The number of benzene rings is 1. The Morgan fingerprint density at radius 1 is 1.22 bits per heavy atom. The van der Waals surface area contributed by atoms with Crippen LogP contribution in [0.2, 0.25) is 0 Å². The number of primary amides is 1. The van der Waals surface area contributed by atoms with Crippen molar-refractivity contribution in [1.29, 1.82) is 0 Å². The third-order valence-electron chi connectivity index (χ3n) is 3.41. The molecule has 2 rings (SSSR count). The minimum Gasteiger partial charge on any atom is -0.370 e. The van der Waals surface area contributed by atoms with Crippen molar-refractivity contribution in [1.82, 2.24) is 14.8 Å². The van der Waals surface area contributed by atoms with Gasteiger partial charge >= 0.3 is 0 Å². The molecule has 0 bridgehead atoms. The third kappa shape index (κ3) is 6.63. The number of carbonyl (C=O) groups excluding carboxylic acids is 2. The van der Waals surface area contributed by atoms with E-state index in [1.165, 1.54) is 0 Å². The molecule has 0 radical (unpaired) electrons. The molecule has 3 N–H and O–H groups in total. The maximum atomic E-state index is 13.2. The molecule has 27 heavy (non-hydrogen) atoms. The van der Waals surface area contributed by atoms with Crippen LogP contribution in [0.5, 0.6) is 0 Å². The number of halogens is 2. The summed E-state index contributed by atoms with van der Waals surface area (Å²) in [5.74, 6) is -1.48. The van der Waals surface area contributed by atoms with E-state index in [-0.39, 0.29) is 17.9 Å². The second-order valence-electron chi connectivity index (χ2n) is 6.36. The predicted molar refractivity (Wildman–Crippen MR) is 98.1 cm³/mol. The molecule has 2 amide bonds. The Bertz CT molecular complexity index is 805. The van der Waals surface area contributed by atoms with E-state index in [1.54, 1.807) is 0 Å². The van der Waals surface area contributed by atoms with Crippen molar-refractivity contribution in [3.8, 4) is 0 Å². The van der Waals surface area contributed by atoms with Crippen molar-refractivity contribution in [2.75, 3.05) is 11.1 Å². The van der Waals surface area contributed by atoms with Crippen LogP contribution < -0.4 is 11.1 Å². The van der Waals surface area contributed by atoms with Crippen LogP contribution in [0.4, 0.5) is 14.5 Å². The summed E-state index contributed by atoms with van der Waals surface area (Å²) < 4.78 is 28.2. The molecule has 1 aromatic heterocycles. The van der Waals surface area contributed by atoms with Crippen LogP contribution in [0.25, 0.3) is 0 Å². The molecule has 0 aliphatic rings. The fraction of sp³-hybridized carbons (Fsp3) is 0.412. The van der Waals surface area contributed by atoms with Crippen LogP contribution in [0, 0.1) is 17.6 Å². The fourth-order valence-electron chi connectivity index (χ4n) is 2.35. The van der Waals surface area contributed by atoms with Gasteiger partial charge < -0.3 is 15.6 Å². The first-order valence-electron chi connectivity index (χ1n) is 8.33. The summed E-state index contributed by atoms with van der Waals surface area (Å²) in [4.78, 5) is 23.1. The molecule has 0 saturated carbocycles. The number of aryl methyl sites for hydroxylation is 1. The number of nitrogens with one attached hydrogen (secondary N) is 1. The number of hydrogen-bond donors (Lipinski definition) is 2. The van der Waals surface area contributed by atoms with Crippen LogP contribution in [-0.4, -0.2) is 32.3 Å². The lowest BCUT2D eigenvalue weighted by Gasteiger charge is -2.12. The number of anilines is 1. The molecule has 0 aliphatic carbocycles. The number of nitrogens with two attached hydrogens (primary N) is 1. The first-order chi connectivity index (χ1) is 12.7. The average Bonchev–Trinajstić information content (AvgIpc) is 2.91. The topological polar surface area (TPSA) is 103 Å². The molecule has 2 aromatic rings. The molecule has 0 unspecified atom stereocenters. The highest BCUT2D eigenvalue weighted by atomic mass is 32.2. The molecule has 1 heterocycles. The Morgan fingerprint density at radius 2 is 1.89 bits per heavy atom. The summed E-state index contributed by atoms with van der Waals surface area (Å²) in [7, 11) is 0. The molecule has 0 saturated heterocycles. The molecular weight excluding hydrogens is 376 g/mol. The van der Waals surface area contributed by atoms with E-state index in [9.17, 15) is 18.4 Å². The van der Waals surface area contributed by atoms with E-state index in [4.69, 9.17) is 5.73 Å². The second-order valence-corrected chi connectivity index (χ2v) is 7.31. The number of carbonyl (C=O) groups is 2. The fourth-order valence-corrected chi connectivity index (χ4v) is 3.11. The molecule has 0 aliphatic heterocycles. The van der Waals surface area contributed by atoms with Gasteiger partial charge in [0.25, 0.3) is 0 Å². The number of nitrogens with zero attached hydrogens (tertiary/aromatic N) is 3. The Morgan fingerprint density at radius 3 is 2.48 bits per heavy atom. The largest absolute Gasteiger partial charge is 0.370 e. The van der Waals surface area contributed by atoms with E-state index in [0.717, 1.165) is 30.0 Å². The van der Waals surface area contributed by atoms with Gasteiger partial charge in [-0.3, -0.25) is 9.59 Å². The van der Waals surface area contributed by atoms with Gasteiger partial charge in [0.05, 0.1) is 5.75 Å². The number of rotatable bonds is 9. The van der Waals surface area contributed by atoms with Gasteiger partial charge in [-0.15, -0.1) is 10.2 Å². The highest BCUT2D eigenvalue weighted by molar-refractivity contribution is 7.99. The Hall–Kier alpha value is -2.49. The normalized spacial score (nSPS) is 11.0. The molecule has 1 aromatic carbocycles. The molecular formula is C17H21F2N5O2S. The van der Waals surface area contributed by atoms with Gasteiger partial charge in [0.15, 0.2) is 5.16 Å². The van der Waals surface area contributed by atoms with Gasteiger partial charge in [-0.05, 0) is 18.1 Å². The minimum absolute atomic E-state index is 0.00974. The number of hydrogen-bond acceptors (Lipinski definition) is 5. The number of aromatic nitrogens is 3. The summed E-state index contributed by atoms with van der Waals surface area (Å²) in [5, 5.41) is 11.1. The summed E-state index contributed by atoms with van der Waals surface area (Å²) >= 11 is 1.15. The Balaban J connectivity index is 2.02. The zero-order valence-electron chi connectivity index (χ0n) is 15.0. The zero-order valence-corrected chi connectivity index (χ0v) is 15.9. The zero-order chi connectivity index (χ0) is 20.0. The van der Waals surface area contributed by atoms with Gasteiger partial charge in [-0.25, -0.2) is 8.78 Å². The number of thioether (sulfide) groups is 1. The minimum atomic E-state index is -0.770. The quantitative estimate of drug-likeness (QED) is 0.633. The molecule has 0 fully saturated rings. The second kappa shape index (κ2) is 9.45. The van der Waals surface area contributed by atoms with Crippen molar-refractivity contribution < 1.29 is 18.4 Å². The van der Waals surface area contributed by atoms with Crippen molar-refractivity contribution in [2.24, 2.45) is 11.7 Å². The Kier molecular flexibility index (Phi) is 7.28. The third-order valence-corrected chi connectivity index (χ3v) is 4.38. The van der Waals surface area contributed by atoms with Crippen molar-refractivity contribution in [3.05, 3.63) is 35.7 Å². The maximum Gasteiger partial charge on any atom is 0.234 e. The van der Waals surface area contributed by atoms with E-state index < -0.39 is 23.4 Å². The number of amides is 2. The lowest BCUT2D eigenvalue weighted by molar-refractivity contribution is -0.118. The smallest absolute Gasteiger partial charge is 0.234 e. The van der Waals surface area contributed by atoms with Crippen LogP contribution in [0.15, 0.2) is 23.4 Å². The average molecular weight is 397 g/mol. The van der Waals surface area contributed by atoms with Gasteiger partial charge in [-0.1, -0.05) is 25.6 Å². The summed E-state index contributed by atoms with van der Waals surface area (Å²) in [6, 6.07) is 2.80. The predicted octanol–water partition coefficient (Wildman–Crippen LogP) is 2.36. The lowest BCUT2D eigenvalue weighted by Crippen LogP contribution is -2.17. The van der Waals surface area contributed by atoms with Crippen LogP contribution in [-0.2, 0) is 22.6 Å². The van der Waals surface area contributed by atoms with Gasteiger partial charge in [-0.2, -0.15) is 0 Å². The summed E-state index contributed by atoms with van der Waals surface area (Å²) in [5.41, 5.74) is 5.23. The first-order valence-corrected chi connectivity index (χ1v) is 9.32. The molecule has 10 heteroatoms. The van der Waals surface area contributed by atoms with E-state index in [2.05, 4.69) is 15.5 Å².